The summed E-state index contributed by atoms with van der Waals surface area (Å²) < 4.78 is 13.3. The Morgan fingerprint density at radius 1 is 1.29 bits per heavy atom. The van der Waals surface area contributed by atoms with E-state index in [9.17, 15) is 14.0 Å². The maximum Gasteiger partial charge on any atom is 0.270 e. The molecule has 2 aromatic rings. The zero-order chi connectivity index (χ0) is 17.4. The van der Waals surface area contributed by atoms with Gasteiger partial charge >= 0.3 is 0 Å². The minimum absolute atomic E-state index is 0.177. The molecular weight excluding hydrogens is 311 g/mol. The highest BCUT2D eigenvalue weighted by Crippen LogP contribution is 2.20. The van der Waals surface area contributed by atoms with E-state index >= 15 is 0 Å². The first-order chi connectivity index (χ1) is 11.4. The van der Waals surface area contributed by atoms with Crippen molar-refractivity contribution >= 4 is 22.7 Å². The zero-order valence-electron chi connectivity index (χ0n) is 13.8. The monoisotopic (exact) mass is 332 g/mol. The summed E-state index contributed by atoms with van der Waals surface area (Å²) in [7, 11) is 0. The smallest absolute Gasteiger partial charge is 0.270 e. The zero-order valence-corrected chi connectivity index (χ0v) is 13.8. The van der Waals surface area contributed by atoms with Gasteiger partial charge in [-0.2, -0.15) is 0 Å². The van der Waals surface area contributed by atoms with Gasteiger partial charge in [-0.3, -0.25) is 14.5 Å². The Morgan fingerprint density at radius 3 is 2.71 bits per heavy atom. The van der Waals surface area contributed by atoms with E-state index in [1.807, 2.05) is 18.7 Å². The molecule has 0 saturated carbocycles. The Balaban J connectivity index is 1.82. The molecule has 24 heavy (non-hydrogen) atoms. The van der Waals surface area contributed by atoms with Crippen molar-refractivity contribution in [2.45, 2.75) is 25.9 Å². The molecule has 1 aliphatic heterocycles. The van der Waals surface area contributed by atoms with Gasteiger partial charge in [-0.15, -0.1) is 0 Å². The van der Waals surface area contributed by atoms with Crippen molar-refractivity contribution in [3.63, 3.8) is 0 Å². The van der Waals surface area contributed by atoms with Crippen molar-refractivity contribution in [2.24, 2.45) is 5.73 Å². The van der Waals surface area contributed by atoms with E-state index in [0.29, 0.717) is 29.7 Å². The third kappa shape index (κ3) is 2.99. The second-order valence-electron chi connectivity index (χ2n) is 6.42. The van der Waals surface area contributed by atoms with Crippen molar-refractivity contribution in [2.75, 3.05) is 19.6 Å². The van der Waals surface area contributed by atoms with E-state index in [1.54, 1.807) is 17.0 Å². The van der Waals surface area contributed by atoms with Gasteiger partial charge in [0.1, 0.15) is 17.6 Å². The second-order valence-corrected chi connectivity index (χ2v) is 6.42. The second kappa shape index (κ2) is 6.24. The molecule has 1 unspecified atom stereocenters. The number of rotatable bonds is 3. The highest BCUT2D eigenvalue weighted by Gasteiger charge is 2.34. The number of aromatic nitrogens is 1. The maximum absolute atomic E-state index is 13.3. The van der Waals surface area contributed by atoms with Crippen LogP contribution in [0.3, 0.4) is 0 Å². The van der Waals surface area contributed by atoms with Gasteiger partial charge in [-0.1, -0.05) is 0 Å². The molecule has 0 aliphatic carbocycles. The Kier molecular flexibility index (Phi) is 4.28. The topological polar surface area (TPSA) is 82.4 Å². The quantitative estimate of drug-likeness (QED) is 0.889. The summed E-state index contributed by atoms with van der Waals surface area (Å²) in [6.07, 6.45) is 0. The number of nitrogens with one attached hydrogen (secondary N) is 1. The minimum Gasteiger partial charge on any atom is -0.368 e. The van der Waals surface area contributed by atoms with Crippen LogP contribution in [0.5, 0.6) is 0 Å². The lowest BCUT2D eigenvalue weighted by molar-refractivity contribution is -0.126. The van der Waals surface area contributed by atoms with Gasteiger partial charge in [0.25, 0.3) is 5.91 Å². The summed E-state index contributed by atoms with van der Waals surface area (Å²) in [5.74, 6) is -0.985. The van der Waals surface area contributed by atoms with Crippen molar-refractivity contribution in [3.05, 3.63) is 35.8 Å². The molecule has 0 bridgehead atoms. The maximum atomic E-state index is 13.3. The van der Waals surface area contributed by atoms with E-state index in [4.69, 9.17) is 5.73 Å². The normalized spacial score (nSPS) is 19.2. The highest BCUT2D eigenvalue weighted by molar-refractivity contribution is 5.98. The summed E-state index contributed by atoms with van der Waals surface area (Å²) in [6.45, 7) is 5.37. The minimum atomic E-state index is -0.496. The summed E-state index contributed by atoms with van der Waals surface area (Å²) in [6, 6.07) is 5.64. The van der Waals surface area contributed by atoms with Crippen LogP contribution < -0.4 is 5.73 Å². The Bertz CT molecular complexity index is 786. The number of carbonyl (C=O) groups is 2. The van der Waals surface area contributed by atoms with Crippen molar-refractivity contribution < 1.29 is 14.0 Å². The molecule has 0 spiro atoms. The fraction of sp³-hybridized carbons (Fsp3) is 0.412. The van der Waals surface area contributed by atoms with Gasteiger partial charge in [0.05, 0.1) is 0 Å². The molecule has 1 saturated heterocycles. The van der Waals surface area contributed by atoms with Gasteiger partial charge in [0.2, 0.25) is 5.91 Å². The molecule has 1 aromatic heterocycles. The molecule has 128 valence electrons. The molecular formula is C17H21FN4O2. The Labute approximate surface area is 139 Å². The number of aromatic amines is 1. The average Bonchev–Trinajstić information content (AvgIpc) is 2.96. The number of primary amides is 1. The van der Waals surface area contributed by atoms with E-state index in [-0.39, 0.29) is 24.3 Å². The number of H-pyrrole nitrogens is 1. The van der Waals surface area contributed by atoms with E-state index in [0.717, 1.165) is 0 Å². The first kappa shape index (κ1) is 16.4. The molecule has 6 nitrogen and oxygen atoms in total. The van der Waals surface area contributed by atoms with Gasteiger partial charge < -0.3 is 15.6 Å². The number of fused-ring (bicyclic) bond motifs is 1. The number of nitrogens with zero attached hydrogens (tertiary/aromatic N) is 2. The van der Waals surface area contributed by atoms with Crippen LogP contribution in [0.2, 0.25) is 0 Å². The standard InChI is InChI=1S/C17H21FN4O2/c1-10(2)22-6-5-21(9-15(22)16(19)23)17(24)14-8-11-7-12(18)3-4-13(11)20-14/h3-4,7-8,10,15,20H,5-6,9H2,1-2H3,(H2,19,23). The summed E-state index contributed by atoms with van der Waals surface area (Å²) >= 11 is 0. The van der Waals surface area contributed by atoms with E-state index in [1.165, 1.54) is 12.1 Å². The van der Waals surface area contributed by atoms with Crippen LogP contribution in [0, 0.1) is 5.82 Å². The van der Waals surface area contributed by atoms with Crippen LogP contribution >= 0.6 is 0 Å². The van der Waals surface area contributed by atoms with Crippen molar-refractivity contribution in [1.29, 1.82) is 0 Å². The number of hydrogen-bond acceptors (Lipinski definition) is 3. The van der Waals surface area contributed by atoms with Gasteiger partial charge in [0, 0.05) is 36.6 Å². The Morgan fingerprint density at radius 2 is 2.04 bits per heavy atom. The fourth-order valence-corrected chi connectivity index (χ4v) is 3.24. The first-order valence-corrected chi connectivity index (χ1v) is 7.99. The lowest BCUT2D eigenvalue weighted by Gasteiger charge is -2.41. The largest absolute Gasteiger partial charge is 0.368 e. The number of amides is 2. The van der Waals surface area contributed by atoms with Crippen LogP contribution in [0.1, 0.15) is 24.3 Å². The van der Waals surface area contributed by atoms with Gasteiger partial charge in [-0.05, 0) is 38.1 Å². The fourth-order valence-electron chi connectivity index (χ4n) is 3.24. The van der Waals surface area contributed by atoms with Gasteiger partial charge in [-0.25, -0.2) is 4.39 Å². The van der Waals surface area contributed by atoms with Gasteiger partial charge in [0.15, 0.2) is 0 Å². The number of benzene rings is 1. The lowest BCUT2D eigenvalue weighted by atomic mass is 10.1. The van der Waals surface area contributed by atoms with Crippen molar-refractivity contribution in [3.8, 4) is 0 Å². The first-order valence-electron chi connectivity index (χ1n) is 7.99. The number of piperazine rings is 1. The SMILES string of the molecule is CC(C)N1CCN(C(=O)c2cc3cc(F)ccc3[nH]2)CC1C(N)=O. The molecule has 1 aromatic carbocycles. The molecule has 2 amide bonds. The van der Waals surface area contributed by atoms with E-state index < -0.39 is 11.9 Å². The molecule has 2 heterocycles. The Hall–Kier alpha value is -2.41. The molecule has 0 radical (unpaired) electrons. The molecule has 3 N–H and O–H groups in total. The molecule has 3 rings (SSSR count). The van der Waals surface area contributed by atoms with Crippen LogP contribution in [0.25, 0.3) is 10.9 Å². The number of halogens is 1. The summed E-state index contributed by atoms with van der Waals surface area (Å²) in [5.41, 5.74) is 6.59. The summed E-state index contributed by atoms with van der Waals surface area (Å²) in [4.78, 5) is 31.1. The predicted octanol–water partition coefficient (Wildman–Crippen LogP) is 1.33. The molecule has 1 atom stereocenters. The van der Waals surface area contributed by atoms with Crippen LogP contribution in [-0.4, -0.2) is 58.3 Å². The van der Waals surface area contributed by atoms with Crippen LogP contribution in [0.15, 0.2) is 24.3 Å². The molecule has 1 aliphatic rings. The molecule has 7 heteroatoms. The van der Waals surface area contributed by atoms with Crippen LogP contribution in [0.4, 0.5) is 4.39 Å². The van der Waals surface area contributed by atoms with E-state index in [2.05, 4.69) is 4.98 Å². The number of nitrogens with two attached hydrogens (primary N) is 1. The van der Waals surface area contributed by atoms with Crippen LogP contribution in [-0.2, 0) is 4.79 Å². The predicted molar refractivity (Wildman–Crippen MR) is 89.0 cm³/mol. The highest BCUT2D eigenvalue weighted by atomic mass is 19.1. The number of hydrogen-bond donors (Lipinski definition) is 2. The average molecular weight is 332 g/mol. The molecule has 1 fully saturated rings. The third-order valence-corrected chi connectivity index (χ3v) is 4.51. The summed E-state index contributed by atoms with van der Waals surface area (Å²) in [5, 5.41) is 0.644. The third-order valence-electron chi connectivity index (χ3n) is 4.51. The lowest BCUT2D eigenvalue weighted by Crippen LogP contribution is -2.61. The number of carbonyl (C=O) groups excluding carboxylic acids is 2. The van der Waals surface area contributed by atoms with Crippen molar-refractivity contribution in [1.82, 2.24) is 14.8 Å².